The molecule has 2 rings (SSSR count). The Bertz CT molecular complexity index is 690. The van der Waals surface area contributed by atoms with Gasteiger partial charge >= 0.3 is 0 Å². The lowest BCUT2D eigenvalue weighted by Crippen LogP contribution is -2.43. The van der Waals surface area contributed by atoms with Crippen molar-refractivity contribution >= 4 is 15.9 Å². The third-order valence-corrected chi connectivity index (χ3v) is 6.30. The van der Waals surface area contributed by atoms with Crippen molar-refractivity contribution in [2.75, 3.05) is 40.2 Å². The number of carbonyl (C=O) groups is 1. The van der Waals surface area contributed by atoms with Gasteiger partial charge in [-0.1, -0.05) is 18.2 Å². The van der Waals surface area contributed by atoms with Gasteiger partial charge in [-0.05, 0) is 18.1 Å². The molecule has 140 valence electrons. The number of carbonyl (C=O) groups excluding carboxylic acids is 1. The number of hydrogen-bond acceptors (Lipinski definition) is 5. The van der Waals surface area contributed by atoms with Crippen molar-refractivity contribution < 1.29 is 22.7 Å². The summed E-state index contributed by atoms with van der Waals surface area (Å²) in [5, 5.41) is 2.91. The zero-order valence-electron chi connectivity index (χ0n) is 14.9. The molecule has 0 saturated carbocycles. The fourth-order valence-electron chi connectivity index (χ4n) is 2.78. The van der Waals surface area contributed by atoms with Gasteiger partial charge in [-0.15, -0.1) is 0 Å². The van der Waals surface area contributed by atoms with Gasteiger partial charge in [0.1, 0.15) is 5.75 Å². The maximum Gasteiger partial charge on any atom is 0.220 e. The summed E-state index contributed by atoms with van der Waals surface area (Å²) in [5.74, 6) is 0.378. The topological polar surface area (TPSA) is 84.9 Å². The van der Waals surface area contributed by atoms with E-state index >= 15 is 0 Å². The van der Waals surface area contributed by atoms with Crippen LogP contribution in [0.1, 0.15) is 12.0 Å². The number of methoxy groups -OCH3 is 1. The number of aryl methyl sites for hydroxylation is 1. The minimum atomic E-state index is -3.33. The number of para-hydroxylation sites is 1. The summed E-state index contributed by atoms with van der Waals surface area (Å²) in [4.78, 5) is 12.2. The molecule has 1 fully saturated rings. The number of ether oxygens (including phenoxy) is 2. The van der Waals surface area contributed by atoms with Crippen molar-refractivity contribution in [3.05, 3.63) is 29.8 Å². The van der Waals surface area contributed by atoms with Crippen molar-refractivity contribution in [2.45, 2.75) is 18.9 Å². The summed E-state index contributed by atoms with van der Waals surface area (Å²) in [6.07, 6.45) is 0.869. The minimum absolute atomic E-state index is 0.0303. The van der Waals surface area contributed by atoms with Gasteiger partial charge in [-0.2, -0.15) is 0 Å². The molecule has 0 aromatic heterocycles. The van der Waals surface area contributed by atoms with Gasteiger partial charge in [0, 0.05) is 26.4 Å². The molecule has 1 aromatic carbocycles. The van der Waals surface area contributed by atoms with E-state index in [-0.39, 0.29) is 23.6 Å². The van der Waals surface area contributed by atoms with E-state index in [2.05, 4.69) is 5.32 Å². The van der Waals surface area contributed by atoms with Crippen LogP contribution in [0.15, 0.2) is 24.3 Å². The van der Waals surface area contributed by atoms with Crippen LogP contribution in [0.25, 0.3) is 0 Å². The fraction of sp³-hybridized carbons (Fsp3) is 0.588. The molecule has 1 aliphatic heterocycles. The number of sulfonamides is 1. The van der Waals surface area contributed by atoms with E-state index in [1.165, 1.54) is 18.4 Å². The van der Waals surface area contributed by atoms with Gasteiger partial charge < -0.3 is 14.8 Å². The third kappa shape index (κ3) is 5.42. The molecule has 7 nitrogen and oxygen atoms in total. The predicted molar refractivity (Wildman–Crippen MR) is 95.0 cm³/mol. The number of benzene rings is 1. The first-order valence-corrected chi connectivity index (χ1v) is 9.83. The van der Waals surface area contributed by atoms with E-state index in [9.17, 15) is 13.2 Å². The lowest BCUT2D eigenvalue weighted by molar-refractivity contribution is -0.122. The zero-order valence-corrected chi connectivity index (χ0v) is 15.7. The van der Waals surface area contributed by atoms with Crippen molar-refractivity contribution in [1.29, 1.82) is 0 Å². The highest BCUT2D eigenvalue weighted by Gasteiger charge is 2.34. The van der Waals surface area contributed by atoms with E-state index in [0.29, 0.717) is 26.1 Å². The van der Waals surface area contributed by atoms with Gasteiger partial charge in [0.25, 0.3) is 0 Å². The van der Waals surface area contributed by atoms with Crippen LogP contribution in [-0.4, -0.2) is 64.8 Å². The predicted octanol–water partition coefficient (Wildman–Crippen LogP) is 0.650. The van der Waals surface area contributed by atoms with E-state index in [0.717, 1.165) is 11.3 Å². The van der Waals surface area contributed by atoms with Crippen LogP contribution in [0.3, 0.4) is 0 Å². The molecule has 8 heteroatoms. The highest BCUT2D eigenvalue weighted by Crippen LogP contribution is 2.20. The average molecular weight is 370 g/mol. The smallest absolute Gasteiger partial charge is 0.220 e. The van der Waals surface area contributed by atoms with Crippen molar-refractivity contribution in [1.82, 2.24) is 9.62 Å². The summed E-state index contributed by atoms with van der Waals surface area (Å²) in [5.41, 5.74) is 0.967. The Morgan fingerprint density at radius 1 is 1.32 bits per heavy atom. The SMILES string of the molecule is COc1ccccc1CCC(=O)NC1COCC1CS(=O)(=O)N(C)C. The molecule has 0 spiro atoms. The second-order valence-electron chi connectivity index (χ2n) is 6.34. The van der Waals surface area contributed by atoms with Crippen LogP contribution >= 0.6 is 0 Å². The van der Waals surface area contributed by atoms with Gasteiger partial charge in [0.05, 0.1) is 32.1 Å². The Hall–Kier alpha value is -1.64. The molecule has 2 atom stereocenters. The second-order valence-corrected chi connectivity index (χ2v) is 8.57. The first kappa shape index (κ1) is 19.7. The first-order chi connectivity index (χ1) is 11.8. The van der Waals surface area contributed by atoms with Gasteiger partial charge in [-0.25, -0.2) is 12.7 Å². The molecular weight excluding hydrogens is 344 g/mol. The lowest BCUT2D eigenvalue weighted by atomic mass is 10.0. The van der Waals surface area contributed by atoms with Crippen LogP contribution in [0.5, 0.6) is 5.75 Å². The van der Waals surface area contributed by atoms with Crippen LogP contribution in [0, 0.1) is 5.92 Å². The summed E-state index contributed by atoms with van der Waals surface area (Å²) < 4.78 is 35.9. The molecule has 1 aromatic rings. The molecule has 1 heterocycles. The third-order valence-electron chi connectivity index (χ3n) is 4.34. The number of nitrogens with zero attached hydrogens (tertiary/aromatic N) is 1. The Kier molecular flexibility index (Phi) is 6.80. The molecule has 2 unspecified atom stereocenters. The van der Waals surface area contributed by atoms with Crippen LogP contribution < -0.4 is 10.1 Å². The molecule has 0 bridgehead atoms. The van der Waals surface area contributed by atoms with Crippen molar-refractivity contribution in [2.24, 2.45) is 5.92 Å². The van der Waals surface area contributed by atoms with Crippen molar-refractivity contribution in [3.63, 3.8) is 0 Å². The van der Waals surface area contributed by atoms with E-state index in [4.69, 9.17) is 9.47 Å². The zero-order chi connectivity index (χ0) is 18.4. The molecule has 0 radical (unpaired) electrons. The quantitative estimate of drug-likeness (QED) is 0.726. The fourth-order valence-corrected chi connectivity index (χ4v) is 3.95. The Labute approximate surface area is 149 Å². The maximum absolute atomic E-state index is 12.2. The number of amides is 1. The van der Waals surface area contributed by atoms with Crippen LogP contribution in [0.4, 0.5) is 0 Å². The minimum Gasteiger partial charge on any atom is -0.496 e. The van der Waals surface area contributed by atoms with Gasteiger partial charge in [0.15, 0.2) is 0 Å². The molecule has 25 heavy (non-hydrogen) atoms. The largest absolute Gasteiger partial charge is 0.496 e. The van der Waals surface area contributed by atoms with Gasteiger partial charge in [-0.3, -0.25) is 4.79 Å². The highest BCUT2D eigenvalue weighted by atomic mass is 32.2. The summed E-state index contributed by atoms with van der Waals surface area (Å²) >= 11 is 0. The van der Waals surface area contributed by atoms with Gasteiger partial charge in [0.2, 0.25) is 15.9 Å². The molecule has 1 aliphatic rings. The number of hydrogen-bond donors (Lipinski definition) is 1. The highest BCUT2D eigenvalue weighted by molar-refractivity contribution is 7.89. The Balaban J connectivity index is 1.89. The van der Waals surface area contributed by atoms with E-state index < -0.39 is 10.0 Å². The summed E-state index contributed by atoms with van der Waals surface area (Å²) in [6, 6.07) is 7.30. The Morgan fingerprint density at radius 3 is 2.72 bits per heavy atom. The lowest BCUT2D eigenvalue weighted by Gasteiger charge is -2.21. The number of rotatable bonds is 8. The maximum atomic E-state index is 12.2. The molecule has 1 N–H and O–H groups in total. The van der Waals surface area contributed by atoms with Crippen LogP contribution in [0.2, 0.25) is 0 Å². The second kappa shape index (κ2) is 8.64. The monoisotopic (exact) mass is 370 g/mol. The normalized spacial score (nSPS) is 20.6. The molecular formula is C17H26N2O5S. The summed E-state index contributed by atoms with van der Waals surface area (Å²) in [6.45, 7) is 0.679. The Morgan fingerprint density at radius 2 is 2.04 bits per heavy atom. The van der Waals surface area contributed by atoms with Crippen molar-refractivity contribution in [3.8, 4) is 5.75 Å². The molecule has 1 amide bonds. The first-order valence-electron chi connectivity index (χ1n) is 8.22. The molecule has 0 aliphatic carbocycles. The standard InChI is InChI=1S/C17H26N2O5S/c1-19(2)25(21,22)12-14-10-24-11-15(14)18-17(20)9-8-13-6-4-5-7-16(13)23-3/h4-7,14-15H,8-12H2,1-3H3,(H,18,20). The van der Waals surface area contributed by atoms with Crippen LogP contribution in [-0.2, 0) is 26.0 Å². The molecule has 1 saturated heterocycles. The van der Waals surface area contributed by atoms with E-state index in [1.54, 1.807) is 7.11 Å². The summed E-state index contributed by atoms with van der Waals surface area (Å²) in [7, 11) is 1.28. The average Bonchev–Trinajstić information content (AvgIpc) is 2.99. The van der Waals surface area contributed by atoms with E-state index in [1.807, 2.05) is 24.3 Å². The number of nitrogens with one attached hydrogen (secondary N) is 1.